The van der Waals surface area contributed by atoms with Gasteiger partial charge in [-0.2, -0.15) is 0 Å². The number of aromatic hydroxyl groups is 1. The zero-order valence-corrected chi connectivity index (χ0v) is 12.7. The van der Waals surface area contributed by atoms with Gasteiger partial charge < -0.3 is 24.1 Å². The summed E-state index contributed by atoms with van der Waals surface area (Å²) < 4.78 is 15.8. The van der Waals surface area contributed by atoms with E-state index in [4.69, 9.17) is 19.0 Å². The monoisotopic (exact) mass is 322 g/mol. The van der Waals surface area contributed by atoms with E-state index in [1.807, 2.05) is 6.92 Å². The summed E-state index contributed by atoms with van der Waals surface area (Å²) in [4.78, 5) is 22.4. The van der Waals surface area contributed by atoms with Crippen molar-refractivity contribution < 1.29 is 28.9 Å². The summed E-state index contributed by atoms with van der Waals surface area (Å²) in [5, 5.41) is 19.2. The Labute approximate surface area is 132 Å². The summed E-state index contributed by atoms with van der Waals surface area (Å²) in [6.07, 6.45) is 1.42. The first-order valence-electron chi connectivity index (χ1n) is 7.30. The van der Waals surface area contributed by atoms with E-state index in [2.05, 4.69) is 0 Å². The van der Waals surface area contributed by atoms with Crippen molar-refractivity contribution in [1.29, 1.82) is 0 Å². The zero-order valence-electron chi connectivity index (χ0n) is 12.7. The Morgan fingerprint density at radius 3 is 2.74 bits per heavy atom. The molecule has 23 heavy (non-hydrogen) atoms. The molecule has 7 nitrogen and oxygen atoms in total. The van der Waals surface area contributed by atoms with Crippen LogP contribution in [0.25, 0.3) is 11.0 Å². The molecule has 1 aromatic heterocycles. The SMILES string of the molecule is CCCCOc1c(O)c2c(OCCC(=O)O)cccc2oc1=O. The number of rotatable bonds is 8. The number of ether oxygens (including phenoxy) is 2. The summed E-state index contributed by atoms with van der Waals surface area (Å²) in [5.41, 5.74) is -0.628. The van der Waals surface area contributed by atoms with Crippen molar-refractivity contribution in [2.45, 2.75) is 26.2 Å². The van der Waals surface area contributed by atoms with Crippen molar-refractivity contribution in [3.8, 4) is 17.2 Å². The minimum atomic E-state index is -0.996. The Hall–Kier alpha value is -2.70. The van der Waals surface area contributed by atoms with Crippen molar-refractivity contribution in [3.63, 3.8) is 0 Å². The molecule has 0 atom stereocenters. The number of hydrogen-bond acceptors (Lipinski definition) is 6. The van der Waals surface area contributed by atoms with Crippen LogP contribution in [0.1, 0.15) is 26.2 Å². The van der Waals surface area contributed by atoms with Gasteiger partial charge in [-0.15, -0.1) is 0 Å². The van der Waals surface area contributed by atoms with Gasteiger partial charge in [0, 0.05) is 0 Å². The summed E-state index contributed by atoms with van der Waals surface area (Å²) in [6, 6.07) is 4.65. The van der Waals surface area contributed by atoms with Gasteiger partial charge in [0.2, 0.25) is 5.75 Å². The number of carboxylic acids is 1. The van der Waals surface area contributed by atoms with Gasteiger partial charge in [-0.25, -0.2) is 4.79 Å². The number of aliphatic carboxylic acids is 1. The van der Waals surface area contributed by atoms with Gasteiger partial charge in [0.05, 0.1) is 19.6 Å². The van der Waals surface area contributed by atoms with Gasteiger partial charge in [0.1, 0.15) is 16.7 Å². The molecule has 0 fully saturated rings. The molecule has 0 saturated carbocycles. The molecule has 0 saturated heterocycles. The van der Waals surface area contributed by atoms with Crippen LogP contribution >= 0.6 is 0 Å². The maximum absolute atomic E-state index is 11.9. The van der Waals surface area contributed by atoms with Crippen LogP contribution in [-0.4, -0.2) is 29.4 Å². The highest BCUT2D eigenvalue weighted by Crippen LogP contribution is 2.37. The maximum Gasteiger partial charge on any atom is 0.383 e. The number of unbranched alkanes of at least 4 members (excludes halogenated alkanes) is 1. The smallest absolute Gasteiger partial charge is 0.383 e. The van der Waals surface area contributed by atoms with Crippen molar-refractivity contribution >= 4 is 16.9 Å². The molecular formula is C16H18O7. The number of benzene rings is 1. The second kappa shape index (κ2) is 7.53. The second-order valence-electron chi connectivity index (χ2n) is 4.89. The third-order valence-corrected chi connectivity index (χ3v) is 3.15. The molecule has 0 radical (unpaired) electrons. The predicted molar refractivity (Wildman–Crippen MR) is 82.3 cm³/mol. The average Bonchev–Trinajstić information content (AvgIpc) is 2.50. The lowest BCUT2D eigenvalue weighted by Crippen LogP contribution is -2.09. The Morgan fingerprint density at radius 2 is 2.04 bits per heavy atom. The van der Waals surface area contributed by atoms with Gasteiger partial charge in [0.15, 0.2) is 5.75 Å². The van der Waals surface area contributed by atoms with Crippen LogP contribution < -0.4 is 15.1 Å². The molecule has 124 valence electrons. The van der Waals surface area contributed by atoms with Gasteiger partial charge in [-0.1, -0.05) is 19.4 Å². The molecule has 0 unspecified atom stereocenters. The zero-order chi connectivity index (χ0) is 16.8. The number of fused-ring (bicyclic) bond motifs is 1. The molecule has 0 aliphatic heterocycles. The van der Waals surface area contributed by atoms with E-state index in [0.717, 1.165) is 12.8 Å². The molecule has 0 amide bonds. The van der Waals surface area contributed by atoms with Gasteiger partial charge in [-0.3, -0.25) is 4.79 Å². The summed E-state index contributed by atoms with van der Waals surface area (Å²) in [5.74, 6) is -1.39. The molecule has 2 rings (SSSR count). The van der Waals surface area contributed by atoms with Crippen molar-refractivity contribution in [1.82, 2.24) is 0 Å². The third kappa shape index (κ3) is 3.94. The van der Waals surface area contributed by atoms with Crippen LogP contribution in [0.3, 0.4) is 0 Å². The first-order valence-corrected chi connectivity index (χ1v) is 7.30. The second-order valence-corrected chi connectivity index (χ2v) is 4.89. The third-order valence-electron chi connectivity index (χ3n) is 3.15. The normalized spacial score (nSPS) is 10.7. The van der Waals surface area contributed by atoms with Crippen LogP contribution in [0.2, 0.25) is 0 Å². The minimum absolute atomic E-state index is 0.0704. The van der Waals surface area contributed by atoms with E-state index in [0.29, 0.717) is 0 Å². The highest BCUT2D eigenvalue weighted by Gasteiger charge is 2.19. The average molecular weight is 322 g/mol. The highest BCUT2D eigenvalue weighted by molar-refractivity contribution is 5.91. The standard InChI is InChI=1S/C16H18O7/c1-2-3-8-22-15-14(19)13-10(21-9-7-12(17)18)5-4-6-11(13)23-16(15)20/h4-6,19H,2-3,7-9H2,1H3,(H,17,18). The highest BCUT2D eigenvalue weighted by atomic mass is 16.5. The molecule has 1 heterocycles. The largest absolute Gasteiger partial charge is 0.503 e. The Balaban J connectivity index is 2.39. The van der Waals surface area contributed by atoms with E-state index in [-0.39, 0.29) is 47.9 Å². The summed E-state index contributed by atoms with van der Waals surface area (Å²) in [6.45, 7) is 2.18. The fraction of sp³-hybridized carbons (Fsp3) is 0.375. The lowest BCUT2D eigenvalue weighted by atomic mass is 10.2. The van der Waals surface area contributed by atoms with Gasteiger partial charge >= 0.3 is 11.6 Å². The molecular weight excluding hydrogens is 304 g/mol. The summed E-state index contributed by atoms with van der Waals surface area (Å²) in [7, 11) is 0. The quantitative estimate of drug-likeness (QED) is 0.568. The fourth-order valence-corrected chi connectivity index (χ4v) is 2.00. The molecule has 7 heteroatoms. The van der Waals surface area contributed by atoms with E-state index < -0.39 is 11.6 Å². The Morgan fingerprint density at radius 1 is 1.26 bits per heavy atom. The van der Waals surface area contributed by atoms with E-state index in [9.17, 15) is 14.7 Å². The van der Waals surface area contributed by atoms with Crippen molar-refractivity contribution in [2.75, 3.05) is 13.2 Å². The van der Waals surface area contributed by atoms with Crippen molar-refractivity contribution in [3.05, 3.63) is 28.6 Å². The Bertz CT molecular complexity index is 748. The topological polar surface area (TPSA) is 106 Å². The summed E-state index contributed by atoms with van der Waals surface area (Å²) >= 11 is 0. The lowest BCUT2D eigenvalue weighted by molar-refractivity contribution is -0.137. The van der Waals surface area contributed by atoms with E-state index in [1.165, 1.54) is 6.07 Å². The van der Waals surface area contributed by atoms with Crippen LogP contribution in [0.5, 0.6) is 17.2 Å². The lowest BCUT2D eigenvalue weighted by Gasteiger charge is -2.11. The molecule has 0 aliphatic rings. The maximum atomic E-state index is 11.9. The van der Waals surface area contributed by atoms with Crippen LogP contribution in [0, 0.1) is 0 Å². The van der Waals surface area contributed by atoms with Gasteiger partial charge in [0.25, 0.3) is 0 Å². The fourth-order valence-electron chi connectivity index (χ4n) is 2.00. The minimum Gasteiger partial charge on any atom is -0.503 e. The number of hydrogen-bond donors (Lipinski definition) is 2. The van der Waals surface area contributed by atoms with E-state index in [1.54, 1.807) is 12.1 Å². The van der Waals surface area contributed by atoms with Crippen LogP contribution in [-0.2, 0) is 4.79 Å². The number of carboxylic acid groups (broad SMARTS) is 1. The van der Waals surface area contributed by atoms with Crippen LogP contribution in [0.4, 0.5) is 0 Å². The van der Waals surface area contributed by atoms with E-state index >= 15 is 0 Å². The number of carbonyl (C=O) groups is 1. The molecule has 0 spiro atoms. The molecule has 0 aliphatic carbocycles. The van der Waals surface area contributed by atoms with Gasteiger partial charge in [-0.05, 0) is 18.6 Å². The Kier molecular flexibility index (Phi) is 5.46. The predicted octanol–water partition coefficient (Wildman–Crippen LogP) is 2.53. The first-order chi connectivity index (χ1) is 11.0. The molecule has 0 bridgehead atoms. The van der Waals surface area contributed by atoms with Crippen molar-refractivity contribution in [2.24, 2.45) is 0 Å². The molecule has 2 aromatic rings. The molecule has 1 aromatic carbocycles. The molecule has 2 N–H and O–H groups in total. The van der Waals surface area contributed by atoms with Crippen LogP contribution in [0.15, 0.2) is 27.4 Å². The first kappa shape index (κ1) is 16.7.